The summed E-state index contributed by atoms with van der Waals surface area (Å²) >= 11 is 0. The molecule has 7 nitrogen and oxygen atoms in total. The van der Waals surface area contributed by atoms with E-state index < -0.39 is 5.97 Å². The number of methoxy groups -OCH3 is 1. The molecule has 0 radical (unpaired) electrons. The molecule has 0 saturated carbocycles. The second kappa shape index (κ2) is 6.35. The highest BCUT2D eigenvalue weighted by atomic mass is 16.5. The molecule has 2 heterocycles. The molecule has 1 aromatic carbocycles. The summed E-state index contributed by atoms with van der Waals surface area (Å²) in [7, 11) is 1.29. The Morgan fingerprint density at radius 2 is 2.22 bits per heavy atom. The van der Waals surface area contributed by atoms with Crippen LogP contribution in [0, 0.1) is 0 Å². The van der Waals surface area contributed by atoms with Crippen molar-refractivity contribution < 1.29 is 18.7 Å². The number of hydrogen-bond donors (Lipinski definition) is 2. The van der Waals surface area contributed by atoms with Crippen molar-refractivity contribution >= 4 is 28.5 Å². The van der Waals surface area contributed by atoms with Crippen LogP contribution < -0.4 is 5.32 Å². The van der Waals surface area contributed by atoms with Crippen molar-refractivity contribution in [2.75, 3.05) is 12.4 Å². The summed E-state index contributed by atoms with van der Waals surface area (Å²) in [5, 5.41) is 10.1. The molecular formula is C16H15N3O4. The van der Waals surface area contributed by atoms with Gasteiger partial charge in [-0.25, -0.2) is 4.79 Å². The number of anilines is 1. The molecule has 0 bridgehead atoms. The van der Waals surface area contributed by atoms with Gasteiger partial charge in [-0.05, 0) is 30.3 Å². The van der Waals surface area contributed by atoms with Crippen molar-refractivity contribution in [2.45, 2.75) is 12.8 Å². The predicted molar refractivity (Wildman–Crippen MR) is 83.1 cm³/mol. The van der Waals surface area contributed by atoms with Crippen LogP contribution in [-0.4, -0.2) is 29.2 Å². The number of esters is 1. The van der Waals surface area contributed by atoms with E-state index in [1.807, 2.05) is 6.07 Å². The number of nitrogens with zero attached hydrogens (tertiary/aromatic N) is 1. The molecule has 0 atom stereocenters. The third-order valence-corrected chi connectivity index (χ3v) is 3.40. The van der Waals surface area contributed by atoms with Crippen molar-refractivity contribution in [2.24, 2.45) is 0 Å². The molecule has 23 heavy (non-hydrogen) atoms. The highest BCUT2D eigenvalue weighted by Gasteiger charge is 2.15. The number of H-pyrrole nitrogens is 1. The number of amides is 1. The van der Waals surface area contributed by atoms with Gasteiger partial charge in [0, 0.05) is 23.9 Å². The fourth-order valence-electron chi connectivity index (χ4n) is 2.26. The summed E-state index contributed by atoms with van der Waals surface area (Å²) in [5.74, 6) is 0.0971. The van der Waals surface area contributed by atoms with E-state index in [4.69, 9.17) is 4.42 Å². The lowest BCUT2D eigenvalue weighted by Gasteiger charge is -2.05. The molecule has 0 aliphatic carbocycles. The molecule has 118 valence electrons. The average Bonchev–Trinajstić information content (AvgIpc) is 3.21. The summed E-state index contributed by atoms with van der Waals surface area (Å²) in [6.45, 7) is 0. The number of aromatic amines is 1. The Morgan fingerprint density at radius 1 is 1.35 bits per heavy atom. The topological polar surface area (TPSA) is 97.2 Å². The number of carbonyl (C=O) groups is 2. The van der Waals surface area contributed by atoms with E-state index in [1.54, 1.807) is 30.5 Å². The number of aryl methyl sites for hydroxylation is 1. The maximum atomic E-state index is 12.0. The maximum absolute atomic E-state index is 12.0. The molecule has 0 spiro atoms. The number of rotatable bonds is 5. The number of benzene rings is 1. The van der Waals surface area contributed by atoms with Gasteiger partial charge in [-0.1, -0.05) is 0 Å². The van der Waals surface area contributed by atoms with Crippen LogP contribution in [0.3, 0.4) is 0 Å². The maximum Gasteiger partial charge on any atom is 0.359 e. The molecular weight excluding hydrogens is 298 g/mol. The smallest absolute Gasteiger partial charge is 0.359 e. The van der Waals surface area contributed by atoms with Gasteiger partial charge in [-0.3, -0.25) is 9.89 Å². The minimum Gasteiger partial charge on any atom is -0.469 e. The molecule has 0 fully saturated rings. The van der Waals surface area contributed by atoms with Crippen LogP contribution in [0.5, 0.6) is 0 Å². The van der Waals surface area contributed by atoms with Gasteiger partial charge in [0.25, 0.3) is 0 Å². The first kappa shape index (κ1) is 14.8. The summed E-state index contributed by atoms with van der Waals surface area (Å²) < 4.78 is 9.88. The van der Waals surface area contributed by atoms with Crippen LogP contribution in [0.4, 0.5) is 5.69 Å². The largest absolute Gasteiger partial charge is 0.469 e. The van der Waals surface area contributed by atoms with Crippen LogP contribution in [0.25, 0.3) is 10.9 Å². The standard InChI is InChI=1S/C16H15N3O4/c1-22-16(21)15-12-9-10(4-6-13(12)18-19-15)17-14(20)7-5-11-3-2-8-23-11/h2-4,6,8-9H,5,7H2,1H3,(H,17,20)(H,18,19). The normalized spacial score (nSPS) is 10.7. The van der Waals surface area contributed by atoms with Crippen molar-refractivity contribution in [1.82, 2.24) is 10.2 Å². The van der Waals surface area contributed by atoms with Crippen LogP contribution in [0.1, 0.15) is 22.7 Å². The van der Waals surface area contributed by atoms with Crippen molar-refractivity contribution in [1.29, 1.82) is 0 Å². The van der Waals surface area contributed by atoms with E-state index in [0.717, 1.165) is 5.76 Å². The average molecular weight is 313 g/mol. The number of carbonyl (C=O) groups excluding carboxylic acids is 2. The van der Waals surface area contributed by atoms with E-state index in [2.05, 4.69) is 20.3 Å². The minimum absolute atomic E-state index is 0.135. The van der Waals surface area contributed by atoms with Gasteiger partial charge in [-0.15, -0.1) is 0 Å². The Morgan fingerprint density at radius 3 is 2.96 bits per heavy atom. The van der Waals surface area contributed by atoms with Gasteiger partial charge >= 0.3 is 5.97 Å². The molecule has 2 N–H and O–H groups in total. The molecule has 3 aromatic rings. The highest BCUT2D eigenvalue weighted by molar-refractivity contribution is 6.03. The fraction of sp³-hybridized carbons (Fsp3) is 0.188. The van der Waals surface area contributed by atoms with Crippen LogP contribution in [0.15, 0.2) is 41.0 Å². The van der Waals surface area contributed by atoms with E-state index in [9.17, 15) is 9.59 Å². The van der Waals surface area contributed by atoms with Gasteiger partial charge in [0.1, 0.15) is 5.76 Å². The zero-order valence-electron chi connectivity index (χ0n) is 12.5. The molecule has 0 unspecified atom stereocenters. The molecule has 7 heteroatoms. The monoisotopic (exact) mass is 313 g/mol. The number of ether oxygens (including phenoxy) is 1. The minimum atomic E-state index is -0.530. The van der Waals surface area contributed by atoms with E-state index >= 15 is 0 Å². The zero-order chi connectivity index (χ0) is 16.2. The second-order valence-electron chi connectivity index (χ2n) is 4.95. The number of aromatic nitrogens is 2. The summed E-state index contributed by atoms with van der Waals surface area (Å²) in [5.41, 5.74) is 1.47. The molecule has 0 aliphatic heterocycles. The van der Waals surface area contributed by atoms with Crippen LogP contribution >= 0.6 is 0 Å². The van der Waals surface area contributed by atoms with Crippen LogP contribution in [-0.2, 0) is 16.0 Å². The Hall–Kier alpha value is -3.09. The lowest BCUT2D eigenvalue weighted by molar-refractivity contribution is -0.116. The van der Waals surface area contributed by atoms with Gasteiger partial charge in [0.05, 0.1) is 18.9 Å². The lowest BCUT2D eigenvalue weighted by Crippen LogP contribution is -2.12. The second-order valence-corrected chi connectivity index (χ2v) is 4.95. The van der Waals surface area contributed by atoms with Crippen LogP contribution in [0.2, 0.25) is 0 Å². The first-order valence-electron chi connectivity index (χ1n) is 7.06. The van der Waals surface area contributed by atoms with E-state index in [-0.39, 0.29) is 11.6 Å². The third-order valence-electron chi connectivity index (χ3n) is 3.40. The number of furan rings is 1. The Labute approximate surface area is 131 Å². The van der Waals surface area contributed by atoms with E-state index in [0.29, 0.717) is 29.4 Å². The number of hydrogen-bond acceptors (Lipinski definition) is 5. The first-order chi connectivity index (χ1) is 11.2. The molecule has 0 aliphatic rings. The molecule has 2 aromatic heterocycles. The summed E-state index contributed by atoms with van der Waals surface area (Å²) in [6.07, 6.45) is 2.41. The summed E-state index contributed by atoms with van der Waals surface area (Å²) in [4.78, 5) is 23.6. The van der Waals surface area contributed by atoms with Crippen molar-refractivity contribution in [3.05, 3.63) is 48.0 Å². The highest BCUT2D eigenvalue weighted by Crippen LogP contribution is 2.21. The Kier molecular flexibility index (Phi) is 4.09. The molecule has 0 saturated heterocycles. The van der Waals surface area contributed by atoms with Gasteiger partial charge in [0.15, 0.2) is 5.69 Å². The first-order valence-corrected chi connectivity index (χ1v) is 7.06. The lowest BCUT2D eigenvalue weighted by atomic mass is 10.1. The zero-order valence-corrected chi connectivity index (χ0v) is 12.5. The molecule has 1 amide bonds. The third kappa shape index (κ3) is 3.23. The molecule has 3 rings (SSSR count). The van der Waals surface area contributed by atoms with Gasteiger partial charge < -0.3 is 14.5 Å². The number of nitrogens with one attached hydrogen (secondary N) is 2. The number of fused-ring (bicyclic) bond motifs is 1. The Bertz CT molecular complexity index is 836. The predicted octanol–water partition coefficient (Wildman–Crippen LogP) is 2.51. The van der Waals surface area contributed by atoms with Gasteiger partial charge in [-0.2, -0.15) is 5.10 Å². The van der Waals surface area contributed by atoms with Crippen molar-refractivity contribution in [3.8, 4) is 0 Å². The Balaban J connectivity index is 1.72. The summed E-state index contributed by atoms with van der Waals surface area (Å²) in [6, 6.07) is 8.79. The fourth-order valence-corrected chi connectivity index (χ4v) is 2.26. The quantitative estimate of drug-likeness (QED) is 0.705. The van der Waals surface area contributed by atoms with E-state index in [1.165, 1.54) is 7.11 Å². The van der Waals surface area contributed by atoms with Crippen molar-refractivity contribution in [3.63, 3.8) is 0 Å². The SMILES string of the molecule is COC(=O)c1n[nH]c2ccc(NC(=O)CCc3ccco3)cc12. The van der Waals surface area contributed by atoms with Gasteiger partial charge in [0.2, 0.25) is 5.91 Å².